The van der Waals surface area contributed by atoms with Crippen LogP contribution >= 0.6 is 0 Å². The first-order chi connectivity index (χ1) is 5.35. The minimum absolute atomic E-state index is 0.784. The van der Waals surface area contributed by atoms with Crippen LogP contribution in [0.3, 0.4) is 0 Å². The van der Waals surface area contributed by atoms with Gasteiger partial charge in [-0.2, -0.15) is 0 Å². The number of rotatable bonds is 6. The monoisotopic (exact) mass is 214 g/mol. The molecule has 0 spiro atoms. The summed E-state index contributed by atoms with van der Waals surface area (Å²) < 4.78 is 3.02. The van der Waals surface area contributed by atoms with Crippen molar-refractivity contribution in [2.45, 2.75) is 49.9 Å². The van der Waals surface area contributed by atoms with E-state index < -0.39 is 14.7 Å². The number of hydrogen-bond acceptors (Lipinski definition) is 0. The second kappa shape index (κ2) is 8.22. The van der Waals surface area contributed by atoms with Crippen LogP contribution in [0.1, 0.15) is 39.5 Å². The van der Waals surface area contributed by atoms with Crippen molar-refractivity contribution in [3.63, 3.8) is 0 Å². The van der Waals surface area contributed by atoms with Gasteiger partial charge in [0.1, 0.15) is 0 Å². The summed E-state index contributed by atoms with van der Waals surface area (Å²) in [5, 5.41) is 2.75. The van der Waals surface area contributed by atoms with Gasteiger partial charge in [-0.15, -0.1) is 0 Å². The van der Waals surface area contributed by atoms with E-state index in [2.05, 4.69) is 18.6 Å². The fourth-order valence-electron chi connectivity index (χ4n) is 0.939. The predicted octanol–water partition coefficient (Wildman–Crippen LogP) is 3.25. The molecular weight excluding hydrogens is 195 g/mol. The second-order valence-electron chi connectivity index (χ2n) is 2.82. The Morgan fingerprint density at radius 3 is 1.82 bits per heavy atom. The van der Waals surface area contributed by atoms with Crippen molar-refractivity contribution in [2.75, 3.05) is 0 Å². The van der Waals surface area contributed by atoms with Crippen molar-refractivity contribution in [2.24, 2.45) is 0 Å². The maximum atomic E-state index is 5.47. The Balaban J connectivity index is 3.35. The molecule has 0 saturated heterocycles. The van der Waals surface area contributed by atoms with E-state index >= 15 is 0 Å². The van der Waals surface area contributed by atoms with Crippen molar-refractivity contribution in [1.82, 2.24) is 0 Å². The molecule has 0 radical (unpaired) electrons. The van der Waals surface area contributed by atoms with Gasteiger partial charge in [-0.25, -0.2) is 0 Å². The molecule has 0 fully saturated rings. The molecule has 64 valence electrons. The average molecular weight is 214 g/mol. The van der Waals surface area contributed by atoms with Gasteiger partial charge < -0.3 is 0 Å². The van der Waals surface area contributed by atoms with E-state index in [9.17, 15) is 0 Å². The van der Waals surface area contributed by atoms with Gasteiger partial charge >= 0.3 is 75.7 Å². The zero-order valence-electron chi connectivity index (χ0n) is 7.77. The molecule has 0 aliphatic rings. The molecule has 0 bridgehead atoms. The molecule has 0 atom stereocenters. The molecular formula is C10H19As. The zero-order chi connectivity index (χ0) is 8.53. The van der Waals surface area contributed by atoms with E-state index in [0.717, 1.165) is 0 Å². The SMILES string of the molecule is C#C[As](CCCC)CCCC. The Morgan fingerprint density at radius 1 is 1.09 bits per heavy atom. The van der Waals surface area contributed by atoms with Crippen molar-refractivity contribution in [3.05, 3.63) is 0 Å². The number of terminal acetylenes is 1. The van der Waals surface area contributed by atoms with Crippen LogP contribution in [-0.4, -0.2) is 14.7 Å². The first-order valence-electron chi connectivity index (χ1n) is 4.56. The van der Waals surface area contributed by atoms with Gasteiger partial charge in [0.05, 0.1) is 0 Å². The van der Waals surface area contributed by atoms with Crippen molar-refractivity contribution in [1.29, 1.82) is 0 Å². The second-order valence-corrected chi connectivity index (χ2v) is 7.51. The molecule has 0 N–H and O–H groups in total. The Kier molecular flexibility index (Phi) is 8.31. The topological polar surface area (TPSA) is 0 Å². The molecule has 0 aliphatic heterocycles. The molecule has 0 nitrogen and oxygen atoms in total. The van der Waals surface area contributed by atoms with Crippen LogP contribution in [0, 0.1) is 11.1 Å². The Bertz CT molecular complexity index is 105. The van der Waals surface area contributed by atoms with Gasteiger partial charge in [0, 0.05) is 0 Å². The van der Waals surface area contributed by atoms with Crippen LogP contribution in [0.15, 0.2) is 0 Å². The van der Waals surface area contributed by atoms with Crippen LogP contribution in [0.5, 0.6) is 0 Å². The summed E-state index contributed by atoms with van der Waals surface area (Å²) in [7, 11) is 0. The third-order valence-corrected chi connectivity index (χ3v) is 6.10. The van der Waals surface area contributed by atoms with Crippen LogP contribution in [0.2, 0.25) is 10.4 Å². The molecule has 0 aromatic rings. The zero-order valence-corrected chi connectivity index (χ0v) is 9.64. The van der Waals surface area contributed by atoms with Gasteiger partial charge in [-0.3, -0.25) is 0 Å². The Morgan fingerprint density at radius 2 is 1.55 bits per heavy atom. The van der Waals surface area contributed by atoms with Gasteiger partial charge in [0.15, 0.2) is 0 Å². The molecule has 0 aromatic carbocycles. The van der Waals surface area contributed by atoms with E-state index in [1.165, 1.54) is 36.1 Å². The standard InChI is InChI=1S/C10H19As/c1-4-7-9-11(6-3)10-8-5-2/h3H,4-5,7-10H2,1-2H3. The van der Waals surface area contributed by atoms with E-state index in [4.69, 9.17) is 6.42 Å². The first kappa shape index (κ1) is 11.1. The van der Waals surface area contributed by atoms with E-state index in [1.807, 2.05) is 0 Å². The van der Waals surface area contributed by atoms with Crippen LogP contribution in [-0.2, 0) is 0 Å². The molecule has 0 amide bonds. The number of hydrogen-bond donors (Lipinski definition) is 0. The molecule has 0 aliphatic carbocycles. The van der Waals surface area contributed by atoms with E-state index in [-0.39, 0.29) is 0 Å². The van der Waals surface area contributed by atoms with Gasteiger partial charge in [0.25, 0.3) is 0 Å². The van der Waals surface area contributed by atoms with Crippen LogP contribution < -0.4 is 0 Å². The molecule has 1 heteroatoms. The number of unbranched alkanes of at least 4 members (excludes halogenated alkanes) is 2. The summed E-state index contributed by atoms with van der Waals surface area (Å²) in [5.41, 5.74) is 0. The summed E-state index contributed by atoms with van der Waals surface area (Å²) in [4.78, 5) is 0. The summed E-state index contributed by atoms with van der Waals surface area (Å²) in [6, 6.07) is 0. The molecule has 0 rings (SSSR count). The van der Waals surface area contributed by atoms with Crippen LogP contribution in [0.4, 0.5) is 0 Å². The third kappa shape index (κ3) is 6.51. The van der Waals surface area contributed by atoms with Crippen molar-refractivity contribution >= 4 is 14.7 Å². The maximum absolute atomic E-state index is 5.47. The summed E-state index contributed by atoms with van der Waals surface area (Å²) in [6.45, 7) is 4.48. The van der Waals surface area contributed by atoms with Crippen molar-refractivity contribution < 1.29 is 0 Å². The van der Waals surface area contributed by atoms with Crippen LogP contribution in [0.25, 0.3) is 0 Å². The molecule has 11 heavy (non-hydrogen) atoms. The summed E-state index contributed by atoms with van der Waals surface area (Å²) in [6.07, 6.45) is 10.8. The molecule has 0 aromatic heterocycles. The molecule has 0 saturated carbocycles. The van der Waals surface area contributed by atoms with Crippen molar-refractivity contribution in [3.8, 4) is 11.1 Å². The quantitative estimate of drug-likeness (QED) is 0.470. The minimum atomic E-state index is -0.784. The summed E-state index contributed by atoms with van der Waals surface area (Å²) in [5.74, 6) is 0. The fraction of sp³-hybridized carbons (Fsp3) is 0.800. The molecule has 0 heterocycles. The van der Waals surface area contributed by atoms with E-state index in [1.54, 1.807) is 0 Å². The summed E-state index contributed by atoms with van der Waals surface area (Å²) >= 11 is -0.784. The van der Waals surface area contributed by atoms with Gasteiger partial charge in [-0.1, -0.05) is 0 Å². The molecule has 0 unspecified atom stereocenters. The van der Waals surface area contributed by atoms with Gasteiger partial charge in [0.2, 0.25) is 0 Å². The Hall–Kier alpha value is 0.118. The average Bonchev–Trinajstić information content (AvgIpc) is 2.05. The Labute approximate surface area is 76.0 Å². The van der Waals surface area contributed by atoms with E-state index in [0.29, 0.717) is 0 Å². The predicted molar refractivity (Wildman–Crippen MR) is 54.0 cm³/mol. The fourth-order valence-corrected chi connectivity index (χ4v) is 4.88. The third-order valence-electron chi connectivity index (χ3n) is 1.75. The first-order valence-corrected chi connectivity index (χ1v) is 8.15. The van der Waals surface area contributed by atoms with Gasteiger partial charge in [-0.05, 0) is 0 Å². The normalized spacial score (nSPS) is 10.0.